The van der Waals surface area contributed by atoms with E-state index in [1.807, 2.05) is 0 Å². The maximum absolute atomic E-state index is 11.8. The van der Waals surface area contributed by atoms with Crippen molar-refractivity contribution in [2.45, 2.75) is 25.7 Å². The lowest BCUT2D eigenvalue weighted by molar-refractivity contribution is -0.138. The molecule has 0 radical (unpaired) electrons. The van der Waals surface area contributed by atoms with E-state index in [-0.39, 0.29) is 6.61 Å². The molecule has 0 saturated carbocycles. The third kappa shape index (κ3) is 12.5. The van der Waals surface area contributed by atoms with Gasteiger partial charge in [0.15, 0.2) is 0 Å². The highest BCUT2D eigenvalue weighted by Crippen LogP contribution is 2.10. The summed E-state index contributed by atoms with van der Waals surface area (Å²) in [4.78, 5) is 22.7. The van der Waals surface area contributed by atoms with Gasteiger partial charge in [-0.1, -0.05) is 30.8 Å². The van der Waals surface area contributed by atoms with Gasteiger partial charge in [-0.05, 0) is 60.9 Å². The minimum Gasteiger partial charge on any atom is -0.538 e. The summed E-state index contributed by atoms with van der Waals surface area (Å²) in [5.41, 5.74) is 0.821. The van der Waals surface area contributed by atoms with Crippen LogP contribution in [-0.2, 0) is 23.7 Å². The summed E-state index contributed by atoms with van der Waals surface area (Å²) in [6.07, 6.45) is 5.84. The van der Waals surface area contributed by atoms with Crippen LogP contribution in [0.1, 0.15) is 25.7 Å². The first-order valence-electron chi connectivity index (χ1n) is 12.2. The molecule has 0 amide bonds. The molecule has 2 rings (SSSR count). The molecular formula is C26H32B2O10. The Morgan fingerprint density at radius 2 is 1.37 bits per heavy atom. The quantitative estimate of drug-likeness (QED) is 0.0843. The molecule has 0 aliphatic rings. The lowest BCUT2D eigenvalue weighted by Gasteiger charge is -2.09. The largest absolute Gasteiger partial charge is 0.559 e. The smallest absolute Gasteiger partial charge is 0.538 e. The van der Waals surface area contributed by atoms with Crippen LogP contribution in [0.4, 0.5) is 0 Å². The fraction of sp³-hybridized carbons (Fsp3) is 0.308. The summed E-state index contributed by atoms with van der Waals surface area (Å²) in [5, 5.41) is 28.5. The SMILES string of the molecule is C=CC(=O)OCCCCOc1ccc(B(O)O/C=C/C(=O)OCCCCOc2cccc(B(O)O)c2)cc1. The van der Waals surface area contributed by atoms with Crippen LogP contribution in [0, 0.1) is 0 Å². The van der Waals surface area contributed by atoms with Crippen molar-refractivity contribution >= 4 is 37.1 Å². The highest BCUT2D eigenvalue weighted by atomic mass is 16.5. The molecule has 0 saturated heterocycles. The summed E-state index contributed by atoms with van der Waals surface area (Å²) in [6, 6.07) is 13.2. The number of ether oxygens (including phenoxy) is 4. The van der Waals surface area contributed by atoms with Crippen LogP contribution in [0.25, 0.3) is 0 Å². The molecule has 0 fully saturated rings. The standard InChI is InChI=1S/C26H32B2O10/c1-2-25(29)36-17-5-3-15-34-23-12-10-21(11-13-23)28(33)38-19-14-26(30)37-18-6-4-16-35-24-9-7-8-22(20-24)27(31)32/h2,7-14,19-20,31-33H,1,3-6,15-18H2/b19-14+. The van der Waals surface area contributed by atoms with Gasteiger partial charge in [-0.25, -0.2) is 9.59 Å². The van der Waals surface area contributed by atoms with Gasteiger partial charge in [0.05, 0.1) is 38.8 Å². The molecule has 12 heteroatoms. The number of carbonyl (C=O) groups is 2. The molecule has 202 valence electrons. The first kappa shape index (κ1) is 30.5. The third-order valence-corrected chi connectivity index (χ3v) is 5.00. The Labute approximate surface area is 222 Å². The van der Waals surface area contributed by atoms with Crippen molar-refractivity contribution in [3.8, 4) is 11.5 Å². The van der Waals surface area contributed by atoms with Gasteiger partial charge >= 0.3 is 26.2 Å². The number of hydrogen-bond acceptors (Lipinski definition) is 10. The monoisotopic (exact) mass is 526 g/mol. The Morgan fingerprint density at radius 1 is 0.763 bits per heavy atom. The van der Waals surface area contributed by atoms with Crippen molar-refractivity contribution in [3.63, 3.8) is 0 Å². The van der Waals surface area contributed by atoms with Gasteiger partial charge in [0, 0.05) is 6.08 Å². The van der Waals surface area contributed by atoms with Crippen LogP contribution in [0.5, 0.6) is 11.5 Å². The number of hydrogen-bond donors (Lipinski definition) is 3. The summed E-state index contributed by atoms with van der Waals surface area (Å²) < 4.78 is 26.2. The predicted molar refractivity (Wildman–Crippen MR) is 142 cm³/mol. The molecule has 2 aromatic carbocycles. The zero-order valence-electron chi connectivity index (χ0n) is 21.1. The highest BCUT2D eigenvalue weighted by molar-refractivity contribution is 6.60. The number of benzene rings is 2. The first-order chi connectivity index (χ1) is 18.4. The van der Waals surface area contributed by atoms with E-state index in [4.69, 9.17) is 23.6 Å². The van der Waals surface area contributed by atoms with Gasteiger partial charge in [0.1, 0.15) is 11.5 Å². The van der Waals surface area contributed by atoms with Crippen molar-refractivity contribution in [1.82, 2.24) is 0 Å². The van der Waals surface area contributed by atoms with Gasteiger partial charge in [0.2, 0.25) is 0 Å². The second-order valence-corrected chi connectivity index (χ2v) is 7.96. The normalized spacial score (nSPS) is 10.5. The van der Waals surface area contributed by atoms with Crippen molar-refractivity contribution < 1.29 is 48.3 Å². The van der Waals surface area contributed by atoms with Crippen molar-refractivity contribution in [2.75, 3.05) is 26.4 Å². The maximum atomic E-state index is 11.8. The van der Waals surface area contributed by atoms with Gasteiger partial charge in [-0.2, -0.15) is 0 Å². The van der Waals surface area contributed by atoms with Crippen LogP contribution in [-0.4, -0.2) is 67.7 Å². The van der Waals surface area contributed by atoms with Crippen LogP contribution in [0.3, 0.4) is 0 Å². The zero-order chi connectivity index (χ0) is 27.6. The van der Waals surface area contributed by atoms with Crippen LogP contribution >= 0.6 is 0 Å². The number of esters is 2. The van der Waals surface area contributed by atoms with E-state index in [0.717, 1.165) is 18.4 Å². The molecule has 10 nitrogen and oxygen atoms in total. The zero-order valence-corrected chi connectivity index (χ0v) is 21.1. The summed E-state index contributed by atoms with van der Waals surface area (Å²) in [6.45, 7) is 4.65. The number of unbranched alkanes of at least 4 members (excludes halogenated alkanes) is 2. The van der Waals surface area contributed by atoms with Gasteiger partial charge < -0.3 is 38.7 Å². The molecule has 0 unspecified atom stereocenters. The van der Waals surface area contributed by atoms with E-state index in [1.165, 1.54) is 0 Å². The molecule has 0 aliphatic heterocycles. The summed E-state index contributed by atoms with van der Waals surface area (Å²) in [7, 11) is -2.82. The average Bonchev–Trinajstić information content (AvgIpc) is 2.92. The molecule has 0 atom stereocenters. The predicted octanol–water partition coefficient (Wildman–Crippen LogP) is 0.875. The van der Waals surface area contributed by atoms with Gasteiger partial charge in [-0.3, -0.25) is 0 Å². The van der Waals surface area contributed by atoms with E-state index in [2.05, 4.69) is 6.58 Å². The van der Waals surface area contributed by atoms with Crippen LogP contribution in [0.15, 0.2) is 73.5 Å². The molecule has 3 N–H and O–H groups in total. The van der Waals surface area contributed by atoms with Gasteiger partial charge in [0.25, 0.3) is 0 Å². The molecular weight excluding hydrogens is 494 g/mol. The lowest BCUT2D eigenvalue weighted by Crippen LogP contribution is -2.31. The molecule has 0 heterocycles. The van der Waals surface area contributed by atoms with Gasteiger partial charge in [-0.15, -0.1) is 0 Å². The second kappa shape index (κ2) is 17.7. The average molecular weight is 526 g/mol. The lowest BCUT2D eigenvalue weighted by atomic mass is 9.80. The molecule has 38 heavy (non-hydrogen) atoms. The first-order valence-corrected chi connectivity index (χ1v) is 12.2. The number of carbonyl (C=O) groups excluding carboxylic acids is 2. The van der Waals surface area contributed by atoms with Crippen molar-refractivity contribution in [3.05, 3.63) is 73.5 Å². The Morgan fingerprint density at radius 3 is 2.00 bits per heavy atom. The molecule has 0 aromatic heterocycles. The second-order valence-electron chi connectivity index (χ2n) is 7.96. The Hall–Kier alpha value is -3.73. The Balaban J connectivity index is 1.56. The maximum Gasteiger partial charge on any atom is 0.559 e. The van der Waals surface area contributed by atoms with E-state index >= 15 is 0 Å². The molecule has 0 bridgehead atoms. The molecule has 2 aromatic rings. The highest BCUT2D eigenvalue weighted by Gasteiger charge is 2.17. The van der Waals surface area contributed by atoms with Crippen LogP contribution < -0.4 is 20.4 Å². The Bertz CT molecular complexity index is 1030. The summed E-state index contributed by atoms with van der Waals surface area (Å²) >= 11 is 0. The van der Waals surface area contributed by atoms with Crippen molar-refractivity contribution in [2.24, 2.45) is 0 Å². The van der Waals surface area contributed by atoms with Crippen molar-refractivity contribution in [1.29, 1.82) is 0 Å². The number of rotatable bonds is 18. The summed E-state index contributed by atoms with van der Waals surface area (Å²) in [5.74, 6) is 0.0869. The van der Waals surface area contributed by atoms with E-state index in [1.54, 1.807) is 48.5 Å². The van der Waals surface area contributed by atoms with E-state index in [9.17, 15) is 24.7 Å². The minimum atomic E-state index is -1.55. The molecule has 0 aliphatic carbocycles. The third-order valence-electron chi connectivity index (χ3n) is 5.00. The van der Waals surface area contributed by atoms with E-state index in [0.29, 0.717) is 67.9 Å². The fourth-order valence-electron chi connectivity index (χ4n) is 2.98. The minimum absolute atomic E-state index is 0.186. The fourth-order valence-corrected chi connectivity index (χ4v) is 2.98. The van der Waals surface area contributed by atoms with Crippen LogP contribution in [0.2, 0.25) is 0 Å². The topological polar surface area (TPSA) is 141 Å². The van der Waals surface area contributed by atoms with E-state index < -0.39 is 26.2 Å². The molecule has 0 spiro atoms. The Kier molecular flexibility index (Phi) is 14.2.